The van der Waals surface area contributed by atoms with Gasteiger partial charge in [0.15, 0.2) is 0 Å². The second kappa shape index (κ2) is 8.21. The molecule has 4 nitrogen and oxygen atoms in total. The molecule has 2 atom stereocenters. The first-order valence-electron chi connectivity index (χ1n) is 9.97. The molecule has 1 aliphatic carbocycles. The van der Waals surface area contributed by atoms with Gasteiger partial charge in [0.05, 0.1) is 6.04 Å². The number of benzene rings is 2. The molecular weight excluding hydrogens is 348 g/mol. The number of nitrogens with two attached hydrogens (primary N) is 1. The molecule has 2 aromatic carbocycles. The Hall–Kier alpha value is -2.56. The van der Waals surface area contributed by atoms with Crippen molar-refractivity contribution in [3.63, 3.8) is 0 Å². The lowest BCUT2D eigenvalue weighted by molar-refractivity contribution is -0.201. The summed E-state index contributed by atoms with van der Waals surface area (Å²) in [4.78, 5) is 6.28. The number of hydrogen-bond donors (Lipinski definition) is 1. The average molecular weight is 377 g/mol. The van der Waals surface area contributed by atoms with Gasteiger partial charge in [0, 0.05) is 11.6 Å². The summed E-state index contributed by atoms with van der Waals surface area (Å²) in [7, 11) is 0. The van der Waals surface area contributed by atoms with Gasteiger partial charge in [-0.2, -0.15) is 0 Å². The van der Waals surface area contributed by atoms with Gasteiger partial charge in [0.1, 0.15) is 13.2 Å². The molecule has 0 saturated heterocycles. The minimum absolute atomic E-state index is 0.114. The van der Waals surface area contributed by atoms with E-state index >= 15 is 0 Å². The van der Waals surface area contributed by atoms with Crippen LogP contribution in [0.15, 0.2) is 84.3 Å². The number of rotatable bonds is 6. The summed E-state index contributed by atoms with van der Waals surface area (Å²) >= 11 is 0. The lowest BCUT2D eigenvalue weighted by Crippen LogP contribution is -2.52. The minimum atomic E-state index is -0.307. The van der Waals surface area contributed by atoms with Crippen LogP contribution in [0.3, 0.4) is 0 Å². The molecule has 2 aromatic rings. The Labute approximate surface area is 167 Å². The van der Waals surface area contributed by atoms with Crippen molar-refractivity contribution in [1.29, 1.82) is 0 Å². The molecule has 0 amide bonds. The number of hydroxylamine groups is 2. The van der Waals surface area contributed by atoms with E-state index in [0.717, 1.165) is 36.3 Å². The third-order valence-corrected chi connectivity index (χ3v) is 5.54. The SMILES string of the molecule is CC1(N)CCCC2C1=CC=C(OCc1ccccc1)N2OCc1ccccc1. The zero-order valence-electron chi connectivity index (χ0n) is 16.4. The Balaban J connectivity index is 1.55. The number of nitrogens with zero attached hydrogens (tertiary/aromatic N) is 1. The Morgan fingerprint density at radius 2 is 1.61 bits per heavy atom. The van der Waals surface area contributed by atoms with Crippen molar-refractivity contribution < 1.29 is 9.57 Å². The summed E-state index contributed by atoms with van der Waals surface area (Å²) in [5.74, 6) is 0.742. The van der Waals surface area contributed by atoms with Gasteiger partial charge in [-0.1, -0.05) is 66.7 Å². The van der Waals surface area contributed by atoms with Gasteiger partial charge >= 0.3 is 0 Å². The molecule has 2 N–H and O–H groups in total. The van der Waals surface area contributed by atoms with E-state index in [2.05, 4.69) is 37.3 Å². The molecule has 2 aliphatic rings. The van der Waals surface area contributed by atoms with Crippen molar-refractivity contribution in [2.75, 3.05) is 0 Å². The van der Waals surface area contributed by atoms with E-state index in [1.807, 2.05) is 47.5 Å². The van der Waals surface area contributed by atoms with E-state index in [9.17, 15) is 0 Å². The monoisotopic (exact) mass is 376 g/mol. The van der Waals surface area contributed by atoms with Crippen LogP contribution in [-0.2, 0) is 22.8 Å². The molecule has 146 valence electrons. The molecule has 2 unspecified atom stereocenters. The van der Waals surface area contributed by atoms with E-state index in [1.165, 1.54) is 5.57 Å². The molecule has 4 rings (SSSR count). The lowest BCUT2D eigenvalue weighted by Gasteiger charge is -2.45. The van der Waals surface area contributed by atoms with Crippen molar-refractivity contribution >= 4 is 0 Å². The van der Waals surface area contributed by atoms with Crippen LogP contribution in [-0.4, -0.2) is 16.6 Å². The quantitative estimate of drug-likeness (QED) is 0.795. The highest BCUT2D eigenvalue weighted by molar-refractivity contribution is 5.34. The molecule has 1 fully saturated rings. The van der Waals surface area contributed by atoms with Crippen molar-refractivity contribution in [1.82, 2.24) is 5.06 Å². The third kappa shape index (κ3) is 4.13. The van der Waals surface area contributed by atoms with Gasteiger partial charge < -0.3 is 10.5 Å². The fourth-order valence-corrected chi connectivity index (χ4v) is 3.99. The molecule has 0 aromatic heterocycles. The summed E-state index contributed by atoms with van der Waals surface area (Å²) in [6.45, 7) is 3.12. The summed E-state index contributed by atoms with van der Waals surface area (Å²) in [5.41, 5.74) is 9.77. The van der Waals surface area contributed by atoms with Gasteiger partial charge in [-0.3, -0.25) is 4.84 Å². The van der Waals surface area contributed by atoms with Gasteiger partial charge in [-0.05, 0) is 42.9 Å². The highest BCUT2D eigenvalue weighted by atomic mass is 16.7. The molecule has 4 heteroatoms. The van der Waals surface area contributed by atoms with Crippen molar-refractivity contribution in [2.45, 2.75) is 51.0 Å². The van der Waals surface area contributed by atoms with Crippen LogP contribution in [0.25, 0.3) is 0 Å². The van der Waals surface area contributed by atoms with Gasteiger partial charge in [-0.15, -0.1) is 0 Å². The summed E-state index contributed by atoms with van der Waals surface area (Å²) < 4.78 is 6.16. The number of ether oxygens (including phenoxy) is 1. The average Bonchev–Trinajstić information content (AvgIpc) is 2.72. The first-order chi connectivity index (χ1) is 13.6. The van der Waals surface area contributed by atoms with E-state index < -0.39 is 0 Å². The van der Waals surface area contributed by atoms with E-state index in [4.69, 9.17) is 15.3 Å². The van der Waals surface area contributed by atoms with Gasteiger partial charge in [0.2, 0.25) is 5.88 Å². The Morgan fingerprint density at radius 3 is 2.29 bits per heavy atom. The maximum Gasteiger partial charge on any atom is 0.214 e. The van der Waals surface area contributed by atoms with Crippen molar-refractivity contribution in [3.8, 4) is 0 Å². The molecule has 0 spiro atoms. The van der Waals surface area contributed by atoms with Crippen LogP contribution in [0.2, 0.25) is 0 Å². The zero-order chi connectivity index (χ0) is 19.4. The standard InChI is InChI=1S/C24H28N2O2/c1-24(25)16-8-13-22-21(24)14-15-23(27-17-19-9-4-2-5-10-19)26(22)28-18-20-11-6-3-7-12-20/h2-7,9-12,14-15,22H,8,13,16-18,25H2,1H3. The van der Waals surface area contributed by atoms with E-state index in [0.29, 0.717) is 13.2 Å². The summed E-state index contributed by atoms with van der Waals surface area (Å²) in [6.07, 6.45) is 7.21. The first kappa shape index (κ1) is 18.8. The Bertz CT molecular complexity index is 843. The van der Waals surface area contributed by atoms with E-state index in [-0.39, 0.29) is 11.6 Å². The van der Waals surface area contributed by atoms with Crippen molar-refractivity contribution in [2.24, 2.45) is 5.73 Å². The molecule has 1 saturated carbocycles. The fourth-order valence-electron chi connectivity index (χ4n) is 3.99. The van der Waals surface area contributed by atoms with E-state index in [1.54, 1.807) is 0 Å². The van der Waals surface area contributed by atoms with Crippen LogP contribution in [0.4, 0.5) is 0 Å². The molecule has 28 heavy (non-hydrogen) atoms. The molecule has 0 radical (unpaired) electrons. The van der Waals surface area contributed by atoms with Crippen molar-refractivity contribution in [3.05, 3.63) is 95.4 Å². The molecule has 1 heterocycles. The lowest BCUT2D eigenvalue weighted by atomic mass is 9.75. The minimum Gasteiger partial charge on any atom is -0.473 e. The van der Waals surface area contributed by atoms with Crippen LogP contribution in [0.1, 0.15) is 37.3 Å². The maximum absolute atomic E-state index is 6.59. The number of fused-ring (bicyclic) bond motifs is 1. The third-order valence-electron chi connectivity index (χ3n) is 5.54. The predicted octanol–water partition coefficient (Wildman–Crippen LogP) is 4.69. The van der Waals surface area contributed by atoms with Gasteiger partial charge in [-0.25, -0.2) is 5.06 Å². The highest BCUT2D eigenvalue weighted by Crippen LogP contribution is 2.39. The fraction of sp³-hybridized carbons (Fsp3) is 0.333. The maximum atomic E-state index is 6.59. The topological polar surface area (TPSA) is 47.7 Å². The van der Waals surface area contributed by atoms with Crippen LogP contribution < -0.4 is 5.73 Å². The Kier molecular flexibility index (Phi) is 5.51. The normalized spacial score (nSPS) is 24.2. The number of hydrogen-bond acceptors (Lipinski definition) is 4. The van der Waals surface area contributed by atoms with Gasteiger partial charge in [0.25, 0.3) is 0 Å². The Morgan fingerprint density at radius 1 is 0.964 bits per heavy atom. The second-order valence-electron chi connectivity index (χ2n) is 7.81. The largest absolute Gasteiger partial charge is 0.473 e. The smallest absolute Gasteiger partial charge is 0.214 e. The predicted molar refractivity (Wildman–Crippen MR) is 111 cm³/mol. The van der Waals surface area contributed by atoms with Crippen LogP contribution in [0.5, 0.6) is 0 Å². The molecule has 0 bridgehead atoms. The highest BCUT2D eigenvalue weighted by Gasteiger charge is 2.40. The molecule has 1 aliphatic heterocycles. The number of allylic oxidation sites excluding steroid dienone is 2. The van der Waals surface area contributed by atoms with Crippen LogP contribution >= 0.6 is 0 Å². The zero-order valence-corrected chi connectivity index (χ0v) is 16.4. The summed E-state index contributed by atoms with van der Waals surface area (Å²) in [6, 6.07) is 20.5. The van der Waals surface area contributed by atoms with Crippen LogP contribution in [0, 0.1) is 0 Å². The summed E-state index contributed by atoms with van der Waals surface area (Å²) in [5, 5.41) is 1.94. The second-order valence-corrected chi connectivity index (χ2v) is 7.81. The molecular formula is C24H28N2O2. The first-order valence-corrected chi connectivity index (χ1v) is 9.97.